The summed E-state index contributed by atoms with van der Waals surface area (Å²) in [6.07, 6.45) is 29.4. The zero-order valence-electron chi connectivity index (χ0n) is 46.7. The van der Waals surface area contributed by atoms with Crippen molar-refractivity contribution in [3.63, 3.8) is 0 Å². The maximum Gasteiger partial charge on any atom is 0.460 e. The van der Waals surface area contributed by atoms with Crippen molar-refractivity contribution in [2.45, 2.75) is 147 Å². The Morgan fingerprint density at radius 3 is 1.89 bits per heavy atom. The van der Waals surface area contributed by atoms with Gasteiger partial charge in [-0.05, 0) is 266 Å². The fourth-order valence-electron chi connectivity index (χ4n) is 16.0. The van der Waals surface area contributed by atoms with Crippen LogP contribution in [0.25, 0.3) is 53.9 Å². The minimum atomic E-state index is -0.0951. The zero-order chi connectivity index (χ0) is 54.4. The molecule has 8 aromatic rings. The predicted molar refractivity (Wildman–Crippen MR) is 351 cm³/mol. The van der Waals surface area contributed by atoms with Gasteiger partial charge >= 0.3 is 7.12 Å². The van der Waals surface area contributed by atoms with Crippen LogP contribution in [0.15, 0.2) is 175 Å². The van der Waals surface area contributed by atoms with Crippen molar-refractivity contribution >= 4 is 125 Å². The quantitative estimate of drug-likeness (QED) is 0.0976. The molecule has 9 unspecified atom stereocenters. The van der Waals surface area contributed by atoms with E-state index in [1.54, 1.807) is 5.56 Å². The second-order valence-corrected chi connectivity index (χ2v) is 28.5. The summed E-state index contributed by atoms with van der Waals surface area (Å²) >= 11 is 14.4. The summed E-state index contributed by atoms with van der Waals surface area (Å²) in [5.41, 5.74) is 4.81. The minimum absolute atomic E-state index is 0.0697. The van der Waals surface area contributed by atoms with Crippen LogP contribution in [0.5, 0.6) is 0 Å². The summed E-state index contributed by atoms with van der Waals surface area (Å²) in [7, 11) is 0.0697. The summed E-state index contributed by atoms with van der Waals surface area (Å²) in [6, 6.07) is 48.1. The van der Waals surface area contributed by atoms with Gasteiger partial charge in [0.05, 0.1) is 11.7 Å². The van der Waals surface area contributed by atoms with Crippen LogP contribution in [0.1, 0.15) is 134 Å². The second-order valence-electron chi connectivity index (χ2n) is 25.0. The van der Waals surface area contributed by atoms with Gasteiger partial charge in [-0.2, -0.15) is 0 Å². The van der Waals surface area contributed by atoms with Gasteiger partial charge in [0.1, 0.15) is 0 Å². The third-order valence-corrected chi connectivity index (χ3v) is 23.0. The molecule has 7 aliphatic rings. The first kappa shape index (κ1) is 56.0. The summed E-state index contributed by atoms with van der Waals surface area (Å²) in [4.78, 5) is 0. The van der Waals surface area contributed by atoms with E-state index in [9.17, 15) is 0 Å². The standard InChI is InChI=1S/C33H40.C14H7Br3.C14H9Br.C11H21BO2/c1-21-13-16-29(26-11-5-4-9-24(21)26)31-12-6-8-23-15-18-30-28-17-14-22-7-2-3-10-25(22)27(28)19-20-32(30)33(23)31;15-8-5-6-11-12(7-8)14(17)10-4-2-1-3-9(10)13(11)16;15-14-6-5-12-7-10-3-1-2-4-11(10)8-13(12)9-14;1-9-11(2,3)14-12(13-9)10-7-5-4-6-8-10/h4-6,9,11-14,16,23,25,27-28,30-33H,2-3,7-8,10,15,17-20H2,1H3;1-7H;1-9H;9-10H,4-8H2,1-3H3. The van der Waals surface area contributed by atoms with Crippen molar-refractivity contribution in [2.75, 3.05) is 0 Å². The number of benzene rings is 8. The molecule has 7 heteroatoms. The van der Waals surface area contributed by atoms with Crippen molar-refractivity contribution in [1.29, 1.82) is 0 Å². The molecule has 2 nitrogen and oxygen atoms in total. The number of hydrogen-bond acceptors (Lipinski definition) is 2. The average Bonchev–Trinajstić information content (AvgIpc) is 3.91. The molecule has 0 spiro atoms. The molecular formula is C72H77BBr4O2. The SMILES string of the molecule is Brc1ccc2c(Br)c3ccccc3c(Br)c2c1.Brc1ccc2cc3ccccc3cc2c1.CC1OB(C2CCCCC2)OC1(C)C.Cc1ccc(C2C=CCC3CCC4C5CC=C6CCCCC6C5CCC4C32)c2ccccc12. The lowest BCUT2D eigenvalue weighted by molar-refractivity contribution is -0.0361. The van der Waals surface area contributed by atoms with Gasteiger partial charge in [0.15, 0.2) is 0 Å². The van der Waals surface area contributed by atoms with E-state index in [1.165, 1.54) is 156 Å². The van der Waals surface area contributed by atoms with E-state index in [4.69, 9.17) is 9.31 Å². The topological polar surface area (TPSA) is 18.5 Å². The lowest BCUT2D eigenvalue weighted by Crippen LogP contribution is -2.48. The van der Waals surface area contributed by atoms with Crippen LogP contribution in [-0.2, 0) is 9.31 Å². The molecule has 408 valence electrons. The normalized spacial score (nSPS) is 27.1. The first-order valence-electron chi connectivity index (χ1n) is 30.1. The van der Waals surface area contributed by atoms with E-state index < -0.39 is 0 Å². The Labute approximate surface area is 505 Å². The zero-order valence-corrected chi connectivity index (χ0v) is 53.1. The Hall–Kier alpha value is -3.56. The van der Waals surface area contributed by atoms with Crippen molar-refractivity contribution in [2.24, 2.45) is 41.4 Å². The molecule has 1 heterocycles. The van der Waals surface area contributed by atoms with Crippen LogP contribution >= 0.6 is 63.7 Å². The number of aryl methyl sites for hydroxylation is 1. The van der Waals surface area contributed by atoms with Crippen LogP contribution in [0.3, 0.4) is 0 Å². The molecule has 9 atom stereocenters. The van der Waals surface area contributed by atoms with Crippen molar-refractivity contribution in [1.82, 2.24) is 0 Å². The fourth-order valence-corrected chi connectivity index (χ4v) is 18.1. The Bertz CT molecular complexity index is 3560. The van der Waals surface area contributed by atoms with Crippen LogP contribution in [0.4, 0.5) is 0 Å². The molecule has 5 fully saturated rings. The van der Waals surface area contributed by atoms with Crippen LogP contribution in [0, 0.1) is 48.3 Å². The smallest absolute Gasteiger partial charge is 0.406 e. The molecule has 1 saturated heterocycles. The number of fused-ring (bicyclic) bond motifs is 12. The van der Waals surface area contributed by atoms with E-state index in [2.05, 4.69) is 243 Å². The molecule has 0 aromatic heterocycles. The summed E-state index contributed by atoms with van der Waals surface area (Å²) in [6.45, 7) is 8.64. The van der Waals surface area contributed by atoms with Crippen LogP contribution in [0.2, 0.25) is 5.82 Å². The van der Waals surface area contributed by atoms with Crippen LogP contribution in [-0.4, -0.2) is 18.8 Å². The van der Waals surface area contributed by atoms with Crippen LogP contribution < -0.4 is 0 Å². The predicted octanol–water partition coefficient (Wildman–Crippen LogP) is 23.1. The fraction of sp³-hybridized carbons (Fsp3) is 0.417. The first-order valence-corrected chi connectivity index (χ1v) is 33.3. The molecule has 4 saturated carbocycles. The third-order valence-electron chi connectivity index (χ3n) is 20.3. The van der Waals surface area contributed by atoms with E-state index in [0.717, 1.165) is 59.3 Å². The molecule has 15 rings (SSSR count). The maximum absolute atomic E-state index is 5.98. The second kappa shape index (κ2) is 24.3. The number of rotatable bonds is 2. The molecule has 0 radical (unpaired) electrons. The largest absolute Gasteiger partial charge is 0.460 e. The maximum atomic E-state index is 5.98. The first-order chi connectivity index (χ1) is 38.4. The van der Waals surface area contributed by atoms with Gasteiger partial charge in [0, 0.05) is 23.8 Å². The molecule has 8 aromatic carbocycles. The van der Waals surface area contributed by atoms with Gasteiger partial charge in [0.25, 0.3) is 0 Å². The molecular weight excluding hydrogens is 1230 g/mol. The van der Waals surface area contributed by atoms with E-state index in [1.807, 2.05) is 5.57 Å². The van der Waals surface area contributed by atoms with Gasteiger partial charge in [-0.25, -0.2) is 0 Å². The summed E-state index contributed by atoms with van der Waals surface area (Å²) in [5.74, 6) is 7.91. The van der Waals surface area contributed by atoms with Crippen molar-refractivity contribution in [3.8, 4) is 0 Å². The number of halogens is 4. The van der Waals surface area contributed by atoms with Gasteiger partial charge in [0.2, 0.25) is 0 Å². The molecule has 0 bridgehead atoms. The number of allylic oxidation sites excluding steroid dienone is 4. The highest BCUT2D eigenvalue weighted by molar-refractivity contribution is 9.11. The Morgan fingerprint density at radius 2 is 1.14 bits per heavy atom. The Morgan fingerprint density at radius 1 is 0.519 bits per heavy atom. The molecule has 0 amide bonds. The number of hydrogen-bond donors (Lipinski definition) is 0. The lowest BCUT2D eigenvalue weighted by Gasteiger charge is -2.57. The molecule has 1 aliphatic heterocycles. The van der Waals surface area contributed by atoms with Gasteiger partial charge in [-0.15, -0.1) is 0 Å². The molecule has 0 N–H and O–H groups in total. The van der Waals surface area contributed by atoms with E-state index in [-0.39, 0.29) is 18.8 Å². The monoisotopic (exact) mass is 1300 g/mol. The van der Waals surface area contributed by atoms with Gasteiger partial charge < -0.3 is 9.31 Å². The summed E-state index contributed by atoms with van der Waals surface area (Å²) < 4.78 is 16.4. The highest BCUT2D eigenvalue weighted by Crippen LogP contribution is 2.61. The van der Waals surface area contributed by atoms with Gasteiger partial charge in [-0.3, -0.25) is 0 Å². The van der Waals surface area contributed by atoms with Gasteiger partial charge in [-0.1, -0.05) is 191 Å². The van der Waals surface area contributed by atoms with E-state index >= 15 is 0 Å². The minimum Gasteiger partial charge on any atom is -0.406 e. The molecule has 79 heavy (non-hydrogen) atoms. The Kier molecular flexibility index (Phi) is 17.2. The highest BCUT2D eigenvalue weighted by atomic mass is 79.9. The lowest BCUT2D eigenvalue weighted by atomic mass is 9.48. The average molecular weight is 1300 g/mol. The molecule has 6 aliphatic carbocycles. The van der Waals surface area contributed by atoms with Crippen molar-refractivity contribution in [3.05, 3.63) is 186 Å². The summed E-state index contributed by atoms with van der Waals surface area (Å²) in [5, 5.41) is 13.0. The van der Waals surface area contributed by atoms with E-state index in [0.29, 0.717) is 11.7 Å². The van der Waals surface area contributed by atoms with Crippen molar-refractivity contribution < 1.29 is 9.31 Å². The third kappa shape index (κ3) is 11.6. The Balaban J connectivity index is 0.000000114. The highest BCUT2D eigenvalue weighted by Gasteiger charge is 2.52.